The van der Waals surface area contributed by atoms with Gasteiger partial charge in [0.25, 0.3) is 0 Å². The van der Waals surface area contributed by atoms with Gasteiger partial charge in [-0.25, -0.2) is 12.8 Å². The minimum atomic E-state index is -3.42. The Bertz CT molecular complexity index is 1630. The third kappa shape index (κ3) is 8.25. The number of fused-ring (bicyclic) bond motifs is 1. The minimum absolute atomic E-state index is 0.0416. The highest BCUT2D eigenvalue weighted by molar-refractivity contribution is 7.92. The summed E-state index contributed by atoms with van der Waals surface area (Å²) in [6.07, 6.45) is 19.2. The average Bonchev–Trinajstić information content (AvgIpc) is 3.47. The lowest BCUT2D eigenvalue weighted by molar-refractivity contribution is -0.123. The van der Waals surface area contributed by atoms with Crippen LogP contribution in [0.5, 0.6) is 0 Å². The average molecular weight is 673 g/mol. The van der Waals surface area contributed by atoms with Crippen molar-refractivity contribution in [3.05, 3.63) is 78.1 Å². The van der Waals surface area contributed by atoms with E-state index in [1.165, 1.54) is 38.5 Å². The second-order valence-electron chi connectivity index (χ2n) is 15.9. The molecule has 0 saturated heterocycles. The van der Waals surface area contributed by atoms with E-state index in [4.69, 9.17) is 0 Å². The van der Waals surface area contributed by atoms with Crippen LogP contribution in [-0.4, -0.2) is 19.5 Å². The van der Waals surface area contributed by atoms with Crippen LogP contribution in [0.4, 0.5) is 4.39 Å². The van der Waals surface area contributed by atoms with Crippen molar-refractivity contribution in [1.82, 2.24) is 0 Å². The zero-order valence-corrected chi connectivity index (χ0v) is 30.0. The number of halogens is 1. The Hall–Kier alpha value is -2.53. The summed E-state index contributed by atoms with van der Waals surface area (Å²) in [4.78, 5) is 14.2. The van der Waals surface area contributed by atoms with Crippen LogP contribution >= 0.6 is 0 Å². The number of carbonyl (C=O) groups is 1. The van der Waals surface area contributed by atoms with E-state index >= 15 is 0 Å². The maximum absolute atomic E-state index is 14.6. The summed E-state index contributed by atoms with van der Waals surface area (Å²) in [6.45, 7) is 2.39. The number of carbonyl (C=O) groups excluding carboxylic acids is 1. The van der Waals surface area contributed by atoms with Crippen LogP contribution in [0.15, 0.2) is 71.6 Å². The molecule has 0 bridgehead atoms. The van der Waals surface area contributed by atoms with E-state index in [1.807, 2.05) is 42.5 Å². The molecule has 0 amide bonds. The first-order valence-electron chi connectivity index (χ1n) is 19.3. The predicted molar refractivity (Wildman–Crippen MR) is 195 cm³/mol. The predicted octanol–water partition coefficient (Wildman–Crippen LogP) is 11.6. The largest absolute Gasteiger partial charge is 0.299 e. The van der Waals surface area contributed by atoms with Gasteiger partial charge < -0.3 is 0 Å². The highest BCUT2D eigenvalue weighted by Gasteiger charge is 2.42. The Kier molecular flexibility index (Phi) is 11.8. The molecule has 3 nitrogen and oxygen atoms in total. The molecule has 0 radical (unpaired) electrons. The summed E-state index contributed by atoms with van der Waals surface area (Å²) >= 11 is 0. The van der Waals surface area contributed by atoms with Gasteiger partial charge in [-0.05, 0) is 128 Å². The number of hydrogen-bond donors (Lipinski definition) is 0. The molecule has 0 aromatic heterocycles. The first-order valence-corrected chi connectivity index (χ1v) is 20.8. The number of hydrogen-bond acceptors (Lipinski definition) is 3. The van der Waals surface area contributed by atoms with Gasteiger partial charge in [0, 0.05) is 12.3 Å². The van der Waals surface area contributed by atoms with Gasteiger partial charge in [0.15, 0.2) is 9.84 Å². The topological polar surface area (TPSA) is 51.2 Å². The van der Waals surface area contributed by atoms with Crippen LogP contribution in [0, 0.1) is 29.5 Å². The van der Waals surface area contributed by atoms with Crippen molar-refractivity contribution in [2.24, 2.45) is 23.7 Å². The third-order valence-electron chi connectivity index (χ3n) is 12.8. The summed E-state index contributed by atoms with van der Waals surface area (Å²) in [6, 6.07) is 20.9. The van der Waals surface area contributed by atoms with Crippen molar-refractivity contribution < 1.29 is 17.6 Å². The molecule has 260 valence electrons. The Morgan fingerprint density at radius 2 is 1.56 bits per heavy atom. The van der Waals surface area contributed by atoms with Crippen molar-refractivity contribution in [1.29, 1.82) is 0 Å². The van der Waals surface area contributed by atoms with E-state index in [0.29, 0.717) is 35.4 Å². The molecular weight excluding hydrogens is 616 g/mol. The lowest BCUT2D eigenvalue weighted by atomic mass is 9.61. The van der Waals surface area contributed by atoms with Gasteiger partial charge in [0.1, 0.15) is 11.6 Å². The van der Waals surface area contributed by atoms with Crippen molar-refractivity contribution in [3.63, 3.8) is 0 Å². The molecule has 3 aromatic rings. The number of rotatable bonds is 9. The monoisotopic (exact) mass is 672 g/mol. The number of Topliss-reactive ketones (excluding diaryl/α,β-unsaturated/α-hetero) is 1. The van der Waals surface area contributed by atoms with Gasteiger partial charge in [0.05, 0.1) is 10.1 Å². The number of benzene rings is 3. The van der Waals surface area contributed by atoms with Crippen molar-refractivity contribution in [3.8, 4) is 0 Å². The maximum atomic E-state index is 14.6. The van der Waals surface area contributed by atoms with E-state index in [-0.39, 0.29) is 22.4 Å². The molecule has 6 rings (SSSR count). The van der Waals surface area contributed by atoms with E-state index in [2.05, 4.69) is 13.0 Å². The van der Waals surface area contributed by atoms with Gasteiger partial charge >= 0.3 is 0 Å². The molecule has 0 aliphatic heterocycles. The molecule has 3 aliphatic carbocycles. The molecule has 0 heterocycles. The molecule has 48 heavy (non-hydrogen) atoms. The van der Waals surface area contributed by atoms with Crippen LogP contribution in [0.25, 0.3) is 10.8 Å². The van der Waals surface area contributed by atoms with Crippen LogP contribution in [0.3, 0.4) is 0 Å². The van der Waals surface area contributed by atoms with Crippen LogP contribution in [-0.2, 0) is 20.0 Å². The lowest BCUT2D eigenvalue weighted by Crippen LogP contribution is -2.36. The number of sulfone groups is 1. The fraction of sp³-hybridized carbons (Fsp3) is 0.605. The summed E-state index contributed by atoms with van der Waals surface area (Å²) in [5, 5.41) is 1.67. The Balaban J connectivity index is 1.07. The van der Waals surface area contributed by atoms with Gasteiger partial charge in [-0.1, -0.05) is 101 Å². The molecule has 5 heteroatoms. The zero-order valence-electron chi connectivity index (χ0n) is 29.2. The minimum Gasteiger partial charge on any atom is -0.299 e. The van der Waals surface area contributed by atoms with E-state index in [1.54, 1.807) is 18.2 Å². The van der Waals surface area contributed by atoms with Crippen LogP contribution in [0.2, 0.25) is 0 Å². The van der Waals surface area contributed by atoms with E-state index in [0.717, 1.165) is 92.9 Å². The molecule has 3 aliphatic rings. The lowest BCUT2D eigenvalue weighted by Gasteiger charge is -2.43. The highest BCUT2D eigenvalue weighted by Crippen LogP contribution is 2.50. The zero-order chi connectivity index (χ0) is 33.6. The summed E-state index contributed by atoms with van der Waals surface area (Å²) in [5.41, 5.74) is 1.12. The molecule has 0 N–H and O–H groups in total. The fourth-order valence-corrected chi connectivity index (χ4v) is 11.8. The Labute approximate surface area is 289 Å². The first-order chi connectivity index (χ1) is 23.2. The van der Waals surface area contributed by atoms with Gasteiger partial charge in [-0.15, -0.1) is 0 Å². The SMILES string of the molecule is CC1CCCCC(C2(c3cccc(F)c3)CCCC(C(=O)CCCC3CCCCC(S(=O)(=O)c4ccc5ccccc5c4)C3)CC2)CC1. The van der Waals surface area contributed by atoms with Crippen LogP contribution < -0.4 is 0 Å². The summed E-state index contributed by atoms with van der Waals surface area (Å²) in [5.74, 6) is 1.98. The van der Waals surface area contributed by atoms with Gasteiger partial charge in [-0.2, -0.15) is 0 Å². The summed E-state index contributed by atoms with van der Waals surface area (Å²) < 4.78 is 42.3. The van der Waals surface area contributed by atoms with Crippen LogP contribution in [0.1, 0.15) is 134 Å². The maximum Gasteiger partial charge on any atom is 0.181 e. The van der Waals surface area contributed by atoms with Crippen molar-refractivity contribution in [2.45, 2.75) is 144 Å². The standard InChI is InChI=1S/C43H57FO3S/c1-32-11-2-6-17-37(24-22-32)43(38-18-9-19-39(44)31-38)27-10-16-35(26-28-43)42(45)21-8-13-33-12-3-7-20-40(29-33)48(46,47)41-25-23-34-14-4-5-15-36(34)30-41/h4-5,9,14-15,18-19,23,25,30-33,35,37,40H,2-3,6-8,10-13,16-17,20-22,24,26-29H2,1H3. The molecular formula is C43H57FO3S. The summed E-state index contributed by atoms with van der Waals surface area (Å²) in [7, 11) is -3.42. The smallest absolute Gasteiger partial charge is 0.181 e. The molecule has 0 spiro atoms. The second-order valence-corrected chi connectivity index (χ2v) is 18.1. The van der Waals surface area contributed by atoms with E-state index in [9.17, 15) is 17.6 Å². The molecule has 3 aromatic carbocycles. The molecule has 3 saturated carbocycles. The molecule has 6 unspecified atom stereocenters. The Morgan fingerprint density at radius 3 is 2.42 bits per heavy atom. The van der Waals surface area contributed by atoms with Gasteiger partial charge in [0.2, 0.25) is 0 Å². The van der Waals surface area contributed by atoms with Crippen molar-refractivity contribution >= 4 is 26.4 Å². The third-order valence-corrected chi connectivity index (χ3v) is 15.0. The molecule has 6 atom stereocenters. The fourth-order valence-electron chi connectivity index (χ4n) is 9.89. The Morgan fingerprint density at radius 1 is 0.771 bits per heavy atom. The van der Waals surface area contributed by atoms with Crippen molar-refractivity contribution in [2.75, 3.05) is 0 Å². The highest BCUT2D eigenvalue weighted by atomic mass is 32.2. The van der Waals surface area contributed by atoms with Gasteiger partial charge in [-0.3, -0.25) is 4.79 Å². The normalized spacial score (nSPS) is 29.3. The second kappa shape index (κ2) is 16.0. The van der Waals surface area contributed by atoms with E-state index < -0.39 is 9.84 Å². The number of ketones is 1. The first kappa shape index (κ1) is 35.3. The quantitative estimate of drug-likeness (QED) is 0.213. The molecule has 3 fully saturated rings.